The second-order valence-corrected chi connectivity index (χ2v) is 4.87. The van der Waals surface area contributed by atoms with Crippen LogP contribution in [0.2, 0.25) is 0 Å². The van der Waals surface area contributed by atoms with Gasteiger partial charge in [-0.3, -0.25) is 4.79 Å². The van der Waals surface area contributed by atoms with Gasteiger partial charge in [-0.2, -0.15) is 0 Å². The first-order chi connectivity index (χ1) is 7.69. The minimum Gasteiger partial charge on any atom is -0.374 e. The molecule has 16 heavy (non-hydrogen) atoms. The summed E-state index contributed by atoms with van der Waals surface area (Å²) in [5.41, 5.74) is 1.75. The van der Waals surface area contributed by atoms with E-state index in [-0.39, 0.29) is 0 Å². The number of benzene rings is 1. The molecular weight excluding hydrogens is 266 g/mol. The van der Waals surface area contributed by atoms with Gasteiger partial charge in [-0.15, -0.1) is 0 Å². The maximum absolute atomic E-state index is 10.9. The van der Waals surface area contributed by atoms with Crippen molar-refractivity contribution >= 4 is 27.9 Å². The number of aldehydes is 1. The molecule has 0 radical (unpaired) electrons. The van der Waals surface area contributed by atoms with E-state index in [1.165, 1.54) is 12.8 Å². The minimum absolute atomic E-state index is 0.752. The normalized spacial score (nSPS) is 10.2. The van der Waals surface area contributed by atoms with Crippen LogP contribution < -0.4 is 4.90 Å². The monoisotopic (exact) mass is 283 g/mol. The summed E-state index contributed by atoms with van der Waals surface area (Å²) in [6, 6.07) is 5.74. The molecule has 1 aromatic rings. The zero-order valence-electron chi connectivity index (χ0n) is 9.87. The van der Waals surface area contributed by atoms with Crippen LogP contribution in [-0.4, -0.2) is 19.9 Å². The third kappa shape index (κ3) is 3.63. The first-order valence-electron chi connectivity index (χ1n) is 5.65. The van der Waals surface area contributed by atoms with Crippen molar-refractivity contribution in [1.82, 2.24) is 0 Å². The van der Waals surface area contributed by atoms with Gasteiger partial charge in [0.15, 0.2) is 6.29 Å². The van der Waals surface area contributed by atoms with Crippen LogP contribution >= 0.6 is 15.9 Å². The molecule has 88 valence electrons. The standard InChI is InChI=1S/C13H18BrNO/c1-3-4-5-8-15(2)13-9-12(14)7-6-11(13)10-16/h6-7,9-10H,3-5,8H2,1-2H3. The average molecular weight is 284 g/mol. The molecule has 2 nitrogen and oxygen atoms in total. The maximum atomic E-state index is 10.9. The average Bonchev–Trinajstić information content (AvgIpc) is 2.29. The van der Waals surface area contributed by atoms with Crippen molar-refractivity contribution < 1.29 is 4.79 Å². The van der Waals surface area contributed by atoms with E-state index >= 15 is 0 Å². The molecule has 3 heteroatoms. The predicted octanol–water partition coefficient (Wildman–Crippen LogP) is 3.89. The Morgan fingerprint density at radius 3 is 2.75 bits per heavy atom. The number of hydrogen-bond donors (Lipinski definition) is 0. The van der Waals surface area contributed by atoms with Crippen molar-refractivity contribution in [1.29, 1.82) is 0 Å². The lowest BCUT2D eigenvalue weighted by Gasteiger charge is -2.21. The molecular formula is C13H18BrNO. The van der Waals surface area contributed by atoms with E-state index in [0.29, 0.717) is 0 Å². The minimum atomic E-state index is 0.752. The van der Waals surface area contributed by atoms with Gasteiger partial charge in [0.25, 0.3) is 0 Å². The van der Waals surface area contributed by atoms with Crippen molar-refractivity contribution in [3.8, 4) is 0 Å². The van der Waals surface area contributed by atoms with Crippen molar-refractivity contribution in [3.63, 3.8) is 0 Å². The van der Waals surface area contributed by atoms with E-state index < -0.39 is 0 Å². The van der Waals surface area contributed by atoms with E-state index in [1.807, 2.05) is 25.2 Å². The van der Waals surface area contributed by atoms with Crippen molar-refractivity contribution in [2.24, 2.45) is 0 Å². The second kappa shape index (κ2) is 6.69. The van der Waals surface area contributed by atoms with Crippen molar-refractivity contribution in [2.45, 2.75) is 26.2 Å². The van der Waals surface area contributed by atoms with Gasteiger partial charge in [-0.05, 0) is 24.6 Å². The zero-order chi connectivity index (χ0) is 12.0. The predicted molar refractivity (Wildman–Crippen MR) is 72.3 cm³/mol. The first-order valence-corrected chi connectivity index (χ1v) is 6.44. The van der Waals surface area contributed by atoms with Gasteiger partial charge in [-0.1, -0.05) is 35.7 Å². The van der Waals surface area contributed by atoms with Gasteiger partial charge in [0, 0.05) is 29.3 Å². The number of anilines is 1. The lowest BCUT2D eigenvalue weighted by molar-refractivity contribution is 0.112. The van der Waals surface area contributed by atoms with Crippen LogP contribution in [0.1, 0.15) is 36.5 Å². The Labute approximate surface area is 106 Å². The Kier molecular flexibility index (Phi) is 5.53. The second-order valence-electron chi connectivity index (χ2n) is 3.95. The Bertz CT molecular complexity index is 352. The van der Waals surface area contributed by atoms with Crippen molar-refractivity contribution in [2.75, 3.05) is 18.5 Å². The molecule has 0 fully saturated rings. The quantitative estimate of drug-likeness (QED) is 0.583. The van der Waals surface area contributed by atoms with E-state index in [0.717, 1.165) is 35.0 Å². The largest absolute Gasteiger partial charge is 0.374 e. The number of halogens is 1. The summed E-state index contributed by atoms with van der Waals surface area (Å²) in [5.74, 6) is 0. The summed E-state index contributed by atoms with van der Waals surface area (Å²) in [6.45, 7) is 3.18. The smallest absolute Gasteiger partial charge is 0.152 e. The summed E-state index contributed by atoms with van der Waals surface area (Å²) < 4.78 is 1.01. The lowest BCUT2D eigenvalue weighted by Crippen LogP contribution is -2.19. The SMILES string of the molecule is CCCCCN(C)c1cc(Br)ccc1C=O. The summed E-state index contributed by atoms with van der Waals surface area (Å²) in [6.07, 6.45) is 4.53. The van der Waals surface area contributed by atoms with Gasteiger partial charge < -0.3 is 4.90 Å². The Hall–Kier alpha value is -0.830. The van der Waals surface area contributed by atoms with Crippen LogP contribution in [0.5, 0.6) is 0 Å². The topological polar surface area (TPSA) is 20.3 Å². The van der Waals surface area contributed by atoms with E-state index in [4.69, 9.17) is 0 Å². The number of nitrogens with zero attached hydrogens (tertiary/aromatic N) is 1. The number of hydrogen-bond acceptors (Lipinski definition) is 2. The summed E-state index contributed by atoms with van der Waals surface area (Å²) in [5, 5.41) is 0. The van der Waals surface area contributed by atoms with E-state index in [2.05, 4.69) is 27.8 Å². The number of unbranched alkanes of at least 4 members (excludes halogenated alkanes) is 2. The molecule has 0 amide bonds. The Morgan fingerprint density at radius 1 is 1.38 bits per heavy atom. The summed E-state index contributed by atoms with van der Waals surface area (Å²) in [7, 11) is 2.03. The molecule has 0 bridgehead atoms. The van der Waals surface area contributed by atoms with Crippen LogP contribution in [-0.2, 0) is 0 Å². The highest BCUT2D eigenvalue weighted by Gasteiger charge is 2.07. The molecule has 0 aromatic heterocycles. The number of rotatable bonds is 6. The fourth-order valence-corrected chi connectivity index (χ4v) is 2.02. The van der Waals surface area contributed by atoms with E-state index in [9.17, 15) is 4.79 Å². The lowest BCUT2D eigenvalue weighted by atomic mass is 10.1. The molecule has 0 N–H and O–H groups in total. The summed E-state index contributed by atoms with van der Waals surface area (Å²) in [4.78, 5) is 13.1. The molecule has 0 saturated carbocycles. The molecule has 0 saturated heterocycles. The van der Waals surface area contributed by atoms with Crippen LogP contribution in [0.25, 0.3) is 0 Å². The van der Waals surface area contributed by atoms with Crippen LogP contribution in [0.4, 0.5) is 5.69 Å². The van der Waals surface area contributed by atoms with E-state index in [1.54, 1.807) is 0 Å². The van der Waals surface area contributed by atoms with Crippen LogP contribution in [0.3, 0.4) is 0 Å². The third-order valence-electron chi connectivity index (χ3n) is 2.63. The Balaban J connectivity index is 2.76. The third-order valence-corrected chi connectivity index (χ3v) is 3.12. The highest BCUT2D eigenvalue weighted by atomic mass is 79.9. The fourth-order valence-electron chi connectivity index (χ4n) is 1.67. The van der Waals surface area contributed by atoms with Gasteiger partial charge in [-0.25, -0.2) is 0 Å². The molecule has 0 unspecified atom stereocenters. The van der Waals surface area contributed by atoms with Gasteiger partial charge in [0.05, 0.1) is 0 Å². The summed E-state index contributed by atoms with van der Waals surface area (Å²) >= 11 is 3.43. The maximum Gasteiger partial charge on any atom is 0.152 e. The first kappa shape index (κ1) is 13.2. The zero-order valence-corrected chi connectivity index (χ0v) is 11.5. The highest BCUT2D eigenvalue weighted by Crippen LogP contribution is 2.23. The molecule has 0 atom stereocenters. The Morgan fingerprint density at radius 2 is 2.12 bits per heavy atom. The molecule has 0 heterocycles. The molecule has 0 aliphatic rings. The molecule has 0 spiro atoms. The highest BCUT2D eigenvalue weighted by molar-refractivity contribution is 9.10. The molecule has 0 aliphatic carbocycles. The van der Waals surface area contributed by atoms with Gasteiger partial charge in [0.1, 0.15) is 0 Å². The number of carbonyl (C=O) groups is 1. The van der Waals surface area contributed by atoms with Crippen LogP contribution in [0.15, 0.2) is 22.7 Å². The van der Waals surface area contributed by atoms with Gasteiger partial charge in [0.2, 0.25) is 0 Å². The van der Waals surface area contributed by atoms with Gasteiger partial charge >= 0.3 is 0 Å². The molecule has 0 aliphatic heterocycles. The number of carbonyl (C=O) groups excluding carboxylic acids is 1. The molecule has 1 rings (SSSR count). The fraction of sp³-hybridized carbons (Fsp3) is 0.462. The van der Waals surface area contributed by atoms with Crippen LogP contribution in [0, 0.1) is 0 Å². The van der Waals surface area contributed by atoms with Crippen molar-refractivity contribution in [3.05, 3.63) is 28.2 Å². The molecule has 1 aromatic carbocycles.